The van der Waals surface area contributed by atoms with Gasteiger partial charge >= 0.3 is 119 Å². The minimum atomic E-state index is -1.99. The Morgan fingerprint density at radius 1 is 0.917 bits per heavy atom. The molecule has 0 aromatic carbocycles. The van der Waals surface area contributed by atoms with Crippen LogP contribution in [0.25, 0.3) is 0 Å². The molecule has 76 valence electrons. The van der Waals surface area contributed by atoms with Crippen LogP contribution in [0.3, 0.4) is 0 Å². The van der Waals surface area contributed by atoms with E-state index in [1.165, 1.54) is 25.7 Å². The van der Waals surface area contributed by atoms with Crippen LogP contribution in [0, 0.1) is 0 Å². The van der Waals surface area contributed by atoms with E-state index in [9.17, 15) is 3.08 Å². The second-order valence-electron chi connectivity index (χ2n) is 2.75. The Bertz CT molecular complexity index is 86.3. The van der Waals surface area contributed by atoms with Crippen LogP contribution >= 0.6 is 0 Å². The Morgan fingerprint density at radius 3 is 1.50 bits per heavy atom. The predicted octanol–water partition coefficient (Wildman–Crippen LogP) is 0.105. The van der Waals surface area contributed by atoms with Crippen molar-refractivity contribution in [2.24, 2.45) is 0 Å². The monoisotopic (exact) mass is 498 g/mol. The standard InChI is InChI=1S/2C4H9.O.3Sn.8H/c2*1-3-4-2;;;;;;;;;;;;/h2*1,3-4H2,2H3;;;;;;;;;;;;. The van der Waals surface area contributed by atoms with E-state index < -0.39 is 19.7 Å². The Morgan fingerprint density at radius 2 is 1.25 bits per heavy atom. The van der Waals surface area contributed by atoms with Gasteiger partial charge in [0.2, 0.25) is 0 Å². The first kappa shape index (κ1) is 19.7. The van der Waals surface area contributed by atoms with E-state index in [1.807, 2.05) is 0 Å². The van der Waals surface area contributed by atoms with E-state index in [0.717, 1.165) is 8.87 Å². The van der Waals surface area contributed by atoms with Gasteiger partial charge in [0.1, 0.15) is 0 Å². The second-order valence-corrected chi connectivity index (χ2v) is 8.67. The summed E-state index contributed by atoms with van der Waals surface area (Å²) in [5.74, 6) is 0. The van der Waals surface area contributed by atoms with E-state index in [2.05, 4.69) is 13.8 Å². The van der Waals surface area contributed by atoms with E-state index in [0.29, 0.717) is 0 Å². The average molecular weight is 494 g/mol. The zero-order valence-corrected chi connectivity index (χ0v) is 10.0. The Labute approximate surface area is 117 Å². The molecule has 0 fully saturated rings. The first-order valence-electron chi connectivity index (χ1n) is 4.33. The van der Waals surface area contributed by atoms with Gasteiger partial charge in [-0.1, -0.05) is 0 Å². The van der Waals surface area contributed by atoms with Crippen molar-refractivity contribution in [1.29, 1.82) is 0 Å². The third-order valence-electron chi connectivity index (χ3n) is 1.62. The summed E-state index contributed by atoms with van der Waals surface area (Å²) >= 11 is -1.99. The van der Waals surface area contributed by atoms with Crippen LogP contribution in [0.1, 0.15) is 39.5 Å². The molecule has 12 heavy (non-hydrogen) atoms. The van der Waals surface area contributed by atoms with Gasteiger partial charge in [0, 0.05) is 0 Å². The summed E-state index contributed by atoms with van der Waals surface area (Å²) < 4.78 is 13.4. The third-order valence-corrected chi connectivity index (χ3v) is 6.82. The summed E-state index contributed by atoms with van der Waals surface area (Å²) in [5.41, 5.74) is 0. The van der Waals surface area contributed by atoms with Crippen molar-refractivity contribution in [3.05, 3.63) is 0 Å². The van der Waals surface area contributed by atoms with Gasteiger partial charge in [0.25, 0.3) is 0 Å². The number of hydrogen-bond acceptors (Lipinski definition) is 1. The van der Waals surface area contributed by atoms with Gasteiger partial charge in [0.15, 0.2) is 0 Å². The van der Waals surface area contributed by atoms with E-state index in [4.69, 9.17) is 0 Å². The van der Waals surface area contributed by atoms with Crippen LogP contribution < -0.4 is 0 Å². The van der Waals surface area contributed by atoms with Gasteiger partial charge in [-0.15, -0.1) is 0 Å². The van der Waals surface area contributed by atoms with Crippen molar-refractivity contribution in [3.8, 4) is 0 Å². The topological polar surface area (TPSA) is 17.1 Å². The zero-order chi connectivity index (χ0) is 7.82. The zero-order valence-electron chi connectivity index (χ0n) is 7.15. The van der Waals surface area contributed by atoms with Gasteiger partial charge in [-0.25, -0.2) is 0 Å². The first-order chi connectivity index (χ1) is 4.81. The van der Waals surface area contributed by atoms with E-state index in [-0.39, 0.29) is 47.8 Å². The number of rotatable bonds is 6. The van der Waals surface area contributed by atoms with Gasteiger partial charge in [-0.3, -0.25) is 0 Å². The molecule has 4 heteroatoms. The average Bonchev–Trinajstić information content (AvgIpc) is 1.97. The summed E-state index contributed by atoms with van der Waals surface area (Å²) in [6.45, 7) is 4.33. The molecule has 0 aliphatic heterocycles. The summed E-state index contributed by atoms with van der Waals surface area (Å²) in [6, 6.07) is 0. The van der Waals surface area contributed by atoms with Crippen LogP contribution in [-0.4, -0.2) is 67.6 Å². The first-order valence-corrected chi connectivity index (χ1v) is 9.53. The number of hydrogen-bond donors (Lipinski definition) is 0. The van der Waals surface area contributed by atoms with Crippen molar-refractivity contribution in [1.82, 2.24) is 0 Å². The SMILES string of the molecule is CCC[CH2][Sn](=[O])[CH2]CCC.[SnH4].[SnH4]. The van der Waals surface area contributed by atoms with Crippen molar-refractivity contribution in [2.75, 3.05) is 0 Å². The van der Waals surface area contributed by atoms with E-state index >= 15 is 0 Å². The molecule has 0 aromatic heterocycles. The molecule has 0 N–H and O–H groups in total. The van der Waals surface area contributed by atoms with Gasteiger partial charge in [-0.2, -0.15) is 0 Å². The maximum atomic E-state index is 11.2. The maximum absolute atomic E-state index is 11.2. The Hall–Kier alpha value is 2.20. The molecule has 0 amide bonds. The molecule has 0 spiro atoms. The summed E-state index contributed by atoms with van der Waals surface area (Å²) in [7, 11) is 0. The molecule has 0 saturated heterocycles. The molecule has 0 saturated carbocycles. The van der Waals surface area contributed by atoms with Crippen molar-refractivity contribution in [2.45, 2.75) is 48.4 Å². The molecule has 0 aliphatic rings. The van der Waals surface area contributed by atoms with Gasteiger partial charge in [-0.05, 0) is 0 Å². The van der Waals surface area contributed by atoms with Crippen LogP contribution in [0.15, 0.2) is 0 Å². The van der Waals surface area contributed by atoms with Gasteiger partial charge in [0.05, 0.1) is 0 Å². The molecular weight excluding hydrogens is 468 g/mol. The number of unbranched alkanes of at least 4 members (excludes halogenated alkanes) is 2. The minimum absolute atomic E-state index is 0. The molecule has 0 unspecified atom stereocenters. The van der Waals surface area contributed by atoms with Crippen LogP contribution in [0.5, 0.6) is 0 Å². The molecule has 0 heterocycles. The van der Waals surface area contributed by atoms with Crippen LogP contribution in [0.4, 0.5) is 0 Å². The molecule has 0 bridgehead atoms. The van der Waals surface area contributed by atoms with Crippen LogP contribution in [0.2, 0.25) is 8.87 Å². The van der Waals surface area contributed by atoms with Crippen molar-refractivity contribution >= 4 is 67.6 Å². The summed E-state index contributed by atoms with van der Waals surface area (Å²) in [5, 5.41) is 0. The molecular formula is C8H26OSn3. The Balaban J connectivity index is -0.000000405. The molecule has 0 rings (SSSR count). The Kier molecular flexibility index (Phi) is 25.7. The predicted molar refractivity (Wildman–Crippen MR) is 68.5 cm³/mol. The fourth-order valence-corrected chi connectivity index (χ4v) is 5.86. The normalized spacial score (nSPS) is 8.17. The molecule has 0 aromatic rings. The molecule has 0 radical (unpaired) electrons. The van der Waals surface area contributed by atoms with Crippen molar-refractivity contribution in [3.63, 3.8) is 0 Å². The summed E-state index contributed by atoms with van der Waals surface area (Å²) in [6.07, 6.45) is 4.81. The second kappa shape index (κ2) is 15.7. The van der Waals surface area contributed by atoms with E-state index in [1.54, 1.807) is 0 Å². The fraction of sp³-hybridized carbons (Fsp3) is 1.00. The van der Waals surface area contributed by atoms with Crippen LogP contribution in [-0.2, 0) is 3.08 Å². The van der Waals surface area contributed by atoms with Crippen molar-refractivity contribution < 1.29 is 3.08 Å². The molecule has 1 nitrogen and oxygen atoms in total. The quantitative estimate of drug-likeness (QED) is 0.480. The summed E-state index contributed by atoms with van der Waals surface area (Å²) in [4.78, 5) is 0. The molecule has 0 aliphatic carbocycles. The fourth-order valence-electron chi connectivity index (χ4n) is 0.873. The molecule has 0 atom stereocenters. The third kappa shape index (κ3) is 14.7. The van der Waals surface area contributed by atoms with Gasteiger partial charge < -0.3 is 0 Å².